The van der Waals surface area contributed by atoms with E-state index < -0.39 is 25.1 Å². The van der Waals surface area contributed by atoms with Crippen molar-refractivity contribution in [2.24, 2.45) is 0 Å². The summed E-state index contributed by atoms with van der Waals surface area (Å²) in [6.45, 7) is 1.85. The molecule has 0 radical (unpaired) electrons. The number of carbonyl (C=O) groups is 1. The molecule has 0 unspecified atom stereocenters. The Hall–Kier alpha value is -0.830. The van der Waals surface area contributed by atoms with E-state index in [1.54, 1.807) is 6.92 Å². The number of thiophene rings is 1. The molecule has 0 aromatic carbocycles. The lowest BCUT2D eigenvalue weighted by Gasteiger charge is -2.08. The number of aryl methyl sites for hydroxylation is 2. The third-order valence-electron chi connectivity index (χ3n) is 1.82. The first-order valence-electron chi connectivity index (χ1n) is 7.35. The van der Waals surface area contributed by atoms with E-state index in [1.165, 1.54) is 6.07 Å². The number of hydrogen-bond donors (Lipinski definition) is 0. The fraction of sp³-hybridized carbons (Fsp3) is 0.545. The third-order valence-corrected chi connectivity index (χ3v) is 2.94. The number of fused-ring (bicyclic) bond motifs is 1. The molecule has 0 saturated heterocycles. The zero-order valence-corrected chi connectivity index (χ0v) is 8.53. The molecular formula is C11H14O2S. The maximum atomic E-state index is 11.7. The number of rotatable bonds is 2. The molecule has 14 heavy (non-hydrogen) atoms. The average molecular weight is 216 g/mol. The monoisotopic (exact) mass is 216 g/mol. The maximum Gasteiger partial charge on any atom is 0.348 e. The van der Waals surface area contributed by atoms with Crippen LogP contribution in [0.4, 0.5) is 0 Å². The van der Waals surface area contributed by atoms with Gasteiger partial charge in [0.2, 0.25) is 0 Å². The van der Waals surface area contributed by atoms with Crippen molar-refractivity contribution in [3.8, 4) is 0 Å². The summed E-state index contributed by atoms with van der Waals surface area (Å²) in [6, 6.07) is 1.28. The van der Waals surface area contributed by atoms with Crippen molar-refractivity contribution in [2.45, 2.75) is 32.5 Å². The Labute approximate surface area is 96.3 Å². The Bertz CT molecular complexity index is 551. The second-order valence-electron chi connectivity index (χ2n) is 2.77. The van der Waals surface area contributed by atoms with Crippen LogP contribution in [0.2, 0.25) is 0 Å². The first kappa shape index (κ1) is 4.79. The average Bonchev–Trinajstić information content (AvgIpc) is 2.71. The van der Waals surface area contributed by atoms with Gasteiger partial charge in [0.15, 0.2) is 0 Å². The van der Waals surface area contributed by atoms with E-state index in [0.29, 0.717) is 4.88 Å². The van der Waals surface area contributed by atoms with Gasteiger partial charge in [-0.3, -0.25) is 0 Å². The number of esters is 1. The van der Waals surface area contributed by atoms with Gasteiger partial charge in [0.1, 0.15) is 4.88 Å². The lowest BCUT2D eigenvalue weighted by atomic mass is 9.99. The van der Waals surface area contributed by atoms with Gasteiger partial charge in [-0.1, -0.05) is 0 Å². The molecule has 1 aliphatic carbocycles. The fourth-order valence-corrected chi connectivity index (χ4v) is 2.15. The molecule has 2 nitrogen and oxygen atoms in total. The molecule has 0 aliphatic heterocycles. The summed E-state index contributed by atoms with van der Waals surface area (Å²) in [5, 5.41) is 0. The van der Waals surface area contributed by atoms with Crippen LogP contribution in [0.25, 0.3) is 0 Å². The highest BCUT2D eigenvalue weighted by molar-refractivity contribution is 7.14. The topological polar surface area (TPSA) is 26.3 Å². The molecule has 0 atom stereocenters. The highest BCUT2D eigenvalue weighted by Gasteiger charge is 2.17. The SMILES string of the molecule is [2H]C1([2H])Cc2sc(C(=O)OCC)cc2C([2H])([2H])C1([2H])[2H]. The van der Waals surface area contributed by atoms with E-state index in [0.717, 1.165) is 11.3 Å². The Morgan fingerprint density at radius 3 is 3.36 bits per heavy atom. The van der Waals surface area contributed by atoms with Crippen molar-refractivity contribution < 1.29 is 17.8 Å². The van der Waals surface area contributed by atoms with E-state index in [9.17, 15) is 4.79 Å². The lowest BCUT2D eigenvalue weighted by molar-refractivity contribution is 0.0532. The van der Waals surface area contributed by atoms with Gasteiger partial charge < -0.3 is 4.74 Å². The molecular weight excluding hydrogens is 196 g/mol. The van der Waals surface area contributed by atoms with Crippen molar-refractivity contribution >= 4 is 17.3 Å². The second kappa shape index (κ2) is 4.13. The summed E-state index contributed by atoms with van der Waals surface area (Å²) in [5.74, 6) is -0.594. The Morgan fingerprint density at radius 1 is 1.71 bits per heavy atom. The van der Waals surface area contributed by atoms with Crippen LogP contribution in [0.1, 0.15) is 48.0 Å². The summed E-state index contributed by atoms with van der Waals surface area (Å²) >= 11 is 0.967. The lowest BCUT2D eigenvalue weighted by Crippen LogP contribution is -2.01. The summed E-state index contributed by atoms with van der Waals surface area (Å²) in [7, 11) is 0. The van der Waals surface area contributed by atoms with Crippen LogP contribution in [0, 0.1) is 0 Å². The number of ether oxygens (including phenoxy) is 1. The predicted molar refractivity (Wildman–Crippen MR) is 56.9 cm³/mol. The van der Waals surface area contributed by atoms with E-state index >= 15 is 0 Å². The van der Waals surface area contributed by atoms with Crippen molar-refractivity contribution in [3.63, 3.8) is 0 Å². The van der Waals surface area contributed by atoms with Gasteiger partial charge >= 0.3 is 5.97 Å². The summed E-state index contributed by atoms with van der Waals surface area (Å²) in [4.78, 5) is 12.2. The zero-order chi connectivity index (χ0) is 15.3. The number of hydrogen-bond acceptors (Lipinski definition) is 3. The molecule has 0 N–H and O–H groups in total. The summed E-state index contributed by atoms with van der Waals surface area (Å²) < 4.78 is 51.7. The molecule has 76 valence electrons. The van der Waals surface area contributed by atoms with E-state index in [-0.39, 0.29) is 23.5 Å². The minimum atomic E-state index is -2.67. The van der Waals surface area contributed by atoms with Crippen LogP contribution < -0.4 is 0 Å². The smallest absolute Gasteiger partial charge is 0.348 e. The van der Waals surface area contributed by atoms with Gasteiger partial charge in [-0.15, -0.1) is 11.3 Å². The van der Waals surface area contributed by atoms with Gasteiger partial charge in [0.25, 0.3) is 0 Å². The number of carbonyl (C=O) groups excluding carboxylic acids is 1. The first-order valence-corrected chi connectivity index (χ1v) is 5.16. The Balaban J connectivity index is 2.53. The van der Waals surface area contributed by atoms with E-state index in [1.807, 2.05) is 0 Å². The largest absolute Gasteiger partial charge is 0.462 e. The van der Waals surface area contributed by atoms with E-state index in [2.05, 4.69) is 0 Å². The van der Waals surface area contributed by atoms with Crippen molar-refractivity contribution in [1.82, 2.24) is 0 Å². The summed E-state index contributed by atoms with van der Waals surface area (Å²) in [6.07, 6.45) is -7.75. The minimum Gasteiger partial charge on any atom is -0.462 e. The molecule has 0 fully saturated rings. The zero-order valence-electron chi connectivity index (χ0n) is 13.7. The normalized spacial score (nSPS) is 32.1. The predicted octanol–water partition coefficient (Wildman–Crippen LogP) is 2.80. The van der Waals surface area contributed by atoms with Crippen molar-refractivity contribution in [2.75, 3.05) is 6.61 Å². The quantitative estimate of drug-likeness (QED) is 0.711. The van der Waals surface area contributed by atoms with Gasteiger partial charge in [-0.2, -0.15) is 0 Å². The standard InChI is InChI=1S/C11H14O2S/c1-2-13-11(12)10-7-8-5-3-4-6-9(8)14-10/h7H,2-6H2,1H3/i3D2,4D2,5D2. The van der Waals surface area contributed by atoms with Crippen LogP contribution in [0.5, 0.6) is 0 Å². The fourth-order valence-electron chi connectivity index (χ4n) is 1.20. The van der Waals surface area contributed by atoms with Crippen LogP contribution >= 0.6 is 11.3 Å². The maximum absolute atomic E-state index is 11.7. The van der Waals surface area contributed by atoms with Crippen molar-refractivity contribution in [3.05, 3.63) is 21.4 Å². The molecule has 0 spiro atoms. The van der Waals surface area contributed by atoms with Gasteiger partial charge in [0.05, 0.1) is 6.61 Å². The molecule has 0 saturated carbocycles. The molecule has 1 heterocycles. The van der Waals surface area contributed by atoms with Crippen LogP contribution in [-0.2, 0) is 17.5 Å². The van der Waals surface area contributed by atoms with Crippen molar-refractivity contribution in [1.29, 1.82) is 0 Å². The molecule has 1 aliphatic rings. The Morgan fingerprint density at radius 2 is 2.57 bits per heavy atom. The Kier molecular flexibility index (Phi) is 1.42. The summed E-state index contributed by atoms with van der Waals surface area (Å²) in [5.41, 5.74) is 0.0469. The van der Waals surface area contributed by atoms with Crippen LogP contribution in [0.15, 0.2) is 6.07 Å². The van der Waals surface area contributed by atoms with Gasteiger partial charge in [-0.05, 0) is 44.1 Å². The molecule has 1 aromatic heterocycles. The third kappa shape index (κ3) is 1.82. The highest BCUT2D eigenvalue weighted by Crippen LogP contribution is 2.29. The first-order chi connectivity index (χ1) is 9.04. The minimum absolute atomic E-state index is 0.0469. The molecule has 3 heteroatoms. The van der Waals surface area contributed by atoms with Crippen LogP contribution in [0.3, 0.4) is 0 Å². The highest BCUT2D eigenvalue weighted by atomic mass is 32.1. The molecule has 0 amide bonds. The molecule has 2 rings (SSSR count). The second-order valence-corrected chi connectivity index (χ2v) is 3.91. The van der Waals surface area contributed by atoms with Gasteiger partial charge in [-0.25, -0.2) is 4.79 Å². The van der Waals surface area contributed by atoms with Crippen LogP contribution in [-0.4, -0.2) is 12.6 Å². The van der Waals surface area contributed by atoms with E-state index in [4.69, 9.17) is 13.0 Å². The van der Waals surface area contributed by atoms with Gasteiger partial charge in [0, 0.05) is 13.1 Å². The molecule has 1 aromatic rings. The molecule has 0 bridgehead atoms.